The maximum Gasteiger partial charge on any atom is 0.125 e. The highest BCUT2D eigenvalue weighted by Gasteiger charge is 2.17. The fraction of sp³-hybridized carbons (Fsp3) is 0.500. The molecule has 0 aromatic carbocycles. The molecule has 0 aliphatic carbocycles. The molecule has 51 valence electrons. The maximum atomic E-state index is 5.06. The van der Waals surface area contributed by atoms with Crippen molar-refractivity contribution in [2.45, 2.75) is 13.8 Å². The van der Waals surface area contributed by atoms with Crippen LogP contribution in [0.4, 0.5) is 0 Å². The van der Waals surface area contributed by atoms with Crippen LogP contribution >= 0.6 is 0 Å². The number of rotatable bonds is 1. The van der Waals surface area contributed by atoms with Crippen LogP contribution in [0.2, 0.25) is 0 Å². The predicted molar refractivity (Wildman–Crippen MR) is 32.6 cm³/mol. The Morgan fingerprint density at radius 2 is 2.22 bits per heavy atom. The molecule has 9 heavy (non-hydrogen) atoms. The highest BCUT2D eigenvalue weighted by molar-refractivity contribution is 5.14. The second-order valence-electron chi connectivity index (χ2n) is 1.93. The Bertz CT molecular complexity index is 128. The number of allylic oxidation sites excluding steroid dienone is 1. The van der Waals surface area contributed by atoms with Crippen LogP contribution in [0.5, 0.6) is 0 Å². The van der Waals surface area contributed by atoms with Gasteiger partial charge >= 0.3 is 0 Å². The van der Waals surface area contributed by atoms with E-state index in [9.17, 15) is 0 Å². The van der Waals surface area contributed by atoms with Crippen molar-refractivity contribution < 1.29 is 9.68 Å². The maximum absolute atomic E-state index is 5.06. The molecule has 3 nitrogen and oxygen atoms in total. The molecule has 1 heterocycles. The van der Waals surface area contributed by atoms with Crippen molar-refractivity contribution in [3.05, 3.63) is 17.9 Å². The molecule has 0 N–H and O–H groups in total. The zero-order chi connectivity index (χ0) is 6.85. The van der Waals surface area contributed by atoms with Gasteiger partial charge in [-0.2, -0.15) is 0 Å². The van der Waals surface area contributed by atoms with E-state index in [1.807, 2.05) is 13.8 Å². The van der Waals surface area contributed by atoms with E-state index in [-0.39, 0.29) is 0 Å². The summed E-state index contributed by atoms with van der Waals surface area (Å²) in [6.07, 6.45) is 0. The lowest BCUT2D eigenvalue weighted by atomic mass is 10.3. The molecule has 1 radical (unpaired) electrons. The van der Waals surface area contributed by atoms with Gasteiger partial charge in [0.25, 0.3) is 0 Å². The lowest BCUT2D eigenvalue weighted by Gasteiger charge is -2.09. The van der Waals surface area contributed by atoms with Crippen molar-refractivity contribution in [2.24, 2.45) is 0 Å². The topological polar surface area (TPSA) is 21.7 Å². The van der Waals surface area contributed by atoms with Crippen LogP contribution < -0.4 is 0 Å². The Hall–Kier alpha value is -0.540. The molecule has 0 bridgehead atoms. The van der Waals surface area contributed by atoms with Gasteiger partial charge in [-0.15, -0.1) is 0 Å². The fourth-order valence-corrected chi connectivity index (χ4v) is 0.572. The van der Waals surface area contributed by atoms with Crippen LogP contribution in [0.15, 0.2) is 11.3 Å². The van der Waals surface area contributed by atoms with Gasteiger partial charge in [0.05, 0.1) is 7.11 Å². The molecule has 0 atom stereocenters. The zero-order valence-corrected chi connectivity index (χ0v) is 5.84. The molecule has 0 saturated heterocycles. The minimum Gasteiger partial charge on any atom is -0.385 e. The van der Waals surface area contributed by atoms with Crippen LogP contribution in [-0.4, -0.2) is 12.3 Å². The Morgan fingerprint density at radius 3 is 2.44 bits per heavy atom. The highest BCUT2D eigenvalue weighted by Crippen LogP contribution is 2.20. The molecule has 0 fully saturated rings. The summed E-state index contributed by atoms with van der Waals surface area (Å²) in [6.45, 7) is 5.65. The first-order valence-corrected chi connectivity index (χ1v) is 2.77. The van der Waals surface area contributed by atoms with Crippen LogP contribution in [0.1, 0.15) is 13.8 Å². The van der Waals surface area contributed by atoms with Gasteiger partial charge in [-0.25, -0.2) is 0 Å². The van der Waals surface area contributed by atoms with E-state index in [2.05, 4.69) is 0 Å². The van der Waals surface area contributed by atoms with Gasteiger partial charge in [0.1, 0.15) is 12.3 Å². The Morgan fingerprint density at radius 1 is 1.56 bits per heavy atom. The van der Waals surface area contributed by atoms with Gasteiger partial charge in [-0.3, -0.25) is 4.84 Å². The van der Waals surface area contributed by atoms with E-state index in [1.165, 1.54) is 5.23 Å². The number of hydrogen-bond donors (Lipinski definition) is 0. The molecule has 1 aliphatic rings. The molecule has 1 aliphatic heterocycles. The van der Waals surface area contributed by atoms with Gasteiger partial charge in [0, 0.05) is 0 Å². The third kappa shape index (κ3) is 1.23. The summed E-state index contributed by atoms with van der Waals surface area (Å²) in [5.74, 6) is 0.886. The number of hydrogen-bond acceptors (Lipinski definition) is 3. The molecule has 0 aromatic heterocycles. The summed E-state index contributed by atoms with van der Waals surface area (Å²) >= 11 is 0. The van der Waals surface area contributed by atoms with Crippen LogP contribution in [0, 0.1) is 6.54 Å². The summed E-state index contributed by atoms with van der Waals surface area (Å²) in [6, 6.07) is 0. The van der Waals surface area contributed by atoms with Crippen molar-refractivity contribution >= 4 is 0 Å². The van der Waals surface area contributed by atoms with Gasteiger partial charge in [-0.1, -0.05) is 0 Å². The molecular weight excluding hydrogens is 118 g/mol. The van der Waals surface area contributed by atoms with E-state index in [1.54, 1.807) is 13.7 Å². The third-order valence-corrected chi connectivity index (χ3v) is 1.26. The Labute approximate surface area is 54.8 Å². The van der Waals surface area contributed by atoms with Gasteiger partial charge < -0.3 is 4.84 Å². The largest absolute Gasteiger partial charge is 0.385 e. The lowest BCUT2D eigenvalue weighted by Crippen LogP contribution is -2.12. The second kappa shape index (κ2) is 2.37. The summed E-state index contributed by atoms with van der Waals surface area (Å²) in [7, 11) is 1.56. The fourth-order valence-electron chi connectivity index (χ4n) is 0.572. The first kappa shape index (κ1) is 6.58. The highest BCUT2D eigenvalue weighted by atomic mass is 16.9. The van der Waals surface area contributed by atoms with Crippen LogP contribution in [-0.2, 0) is 9.68 Å². The van der Waals surface area contributed by atoms with Gasteiger partial charge in [0.2, 0.25) is 0 Å². The molecule has 0 amide bonds. The predicted octanol–water partition coefficient (Wildman–Crippen LogP) is 1.25. The number of hydroxylamine groups is 2. The smallest absolute Gasteiger partial charge is 0.125 e. The molecule has 1 rings (SSSR count). The monoisotopic (exact) mass is 128 g/mol. The van der Waals surface area contributed by atoms with E-state index in [0.29, 0.717) is 0 Å². The summed E-state index contributed by atoms with van der Waals surface area (Å²) in [5.41, 5.74) is 1.09. The van der Waals surface area contributed by atoms with Crippen LogP contribution in [0.3, 0.4) is 0 Å². The summed E-state index contributed by atoms with van der Waals surface area (Å²) < 4.78 is 0. The summed E-state index contributed by atoms with van der Waals surface area (Å²) in [5, 5.41) is 1.32. The average Bonchev–Trinajstić information content (AvgIpc) is 2.13. The second-order valence-corrected chi connectivity index (χ2v) is 1.93. The van der Waals surface area contributed by atoms with Crippen molar-refractivity contribution in [3.8, 4) is 0 Å². The normalized spacial score (nSPS) is 20.8. The SMILES string of the molecule is CON1[CH]C(C)=C(C)O1. The van der Waals surface area contributed by atoms with E-state index in [4.69, 9.17) is 9.68 Å². The third-order valence-electron chi connectivity index (χ3n) is 1.26. The van der Waals surface area contributed by atoms with Crippen molar-refractivity contribution in [2.75, 3.05) is 7.11 Å². The first-order valence-electron chi connectivity index (χ1n) is 2.77. The van der Waals surface area contributed by atoms with Gasteiger partial charge in [-0.05, 0) is 24.6 Å². The van der Waals surface area contributed by atoms with E-state index in [0.717, 1.165) is 11.3 Å². The minimum atomic E-state index is 0.886. The average molecular weight is 128 g/mol. The number of nitrogens with zero attached hydrogens (tertiary/aromatic N) is 1. The summed E-state index contributed by atoms with van der Waals surface area (Å²) in [4.78, 5) is 9.82. The standard InChI is InChI=1S/C6H10NO2/c1-5-4-7(8-3)9-6(5)2/h4H,1-3H3. The molecule has 0 unspecified atom stereocenters. The molecular formula is C6H10NO2. The molecule has 0 saturated carbocycles. The van der Waals surface area contributed by atoms with Crippen molar-refractivity contribution in [1.29, 1.82) is 0 Å². The Balaban J connectivity index is 2.48. The van der Waals surface area contributed by atoms with E-state index < -0.39 is 0 Å². The van der Waals surface area contributed by atoms with Gasteiger partial charge in [0.15, 0.2) is 0 Å². The van der Waals surface area contributed by atoms with Crippen molar-refractivity contribution in [3.63, 3.8) is 0 Å². The molecule has 3 heteroatoms. The first-order chi connectivity index (χ1) is 4.24. The molecule has 0 aromatic rings. The minimum absolute atomic E-state index is 0.886. The quantitative estimate of drug-likeness (QED) is 0.530. The van der Waals surface area contributed by atoms with Crippen molar-refractivity contribution in [1.82, 2.24) is 5.23 Å². The van der Waals surface area contributed by atoms with Crippen LogP contribution in [0.25, 0.3) is 0 Å². The molecule has 0 spiro atoms. The van der Waals surface area contributed by atoms with E-state index >= 15 is 0 Å². The lowest BCUT2D eigenvalue weighted by molar-refractivity contribution is -0.301. The zero-order valence-electron chi connectivity index (χ0n) is 5.84. The Kier molecular flexibility index (Phi) is 1.73.